The molecule has 0 aliphatic carbocycles. The van der Waals surface area contributed by atoms with Crippen LogP contribution in [0.2, 0.25) is 0 Å². The molecule has 64 heavy (non-hydrogen) atoms. The molecule has 0 atom stereocenters. The fraction of sp³-hybridized carbons (Fsp3) is 0.414. The third-order valence-corrected chi connectivity index (χ3v) is 18.0. The second-order valence-corrected chi connectivity index (χ2v) is 22.4. The number of hydrogen-bond acceptors (Lipinski definition) is 4. The molecule has 0 aliphatic rings. The van der Waals surface area contributed by atoms with E-state index in [0.717, 1.165) is 13.1 Å². The highest BCUT2D eigenvalue weighted by Crippen LogP contribution is 2.43. The molecule has 0 unspecified atom stereocenters. The molecule has 3 aromatic carbocycles. The van der Waals surface area contributed by atoms with Gasteiger partial charge < -0.3 is 9.13 Å². The molecule has 0 fully saturated rings. The van der Waals surface area contributed by atoms with Crippen LogP contribution in [-0.4, -0.2) is 9.13 Å². The Labute approximate surface area is 399 Å². The lowest BCUT2D eigenvalue weighted by atomic mass is 10.1. The number of benzene rings is 3. The maximum Gasteiger partial charge on any atom is 0.0499 e. The Morgan fingerprint density at radius 2 is 0.688 bits per heavy atom. The van der Waals surface area contributed by atoms with E-state index in [1.165, 1.54) is 212 Å². The Morgan fingerprint density at radius 3 is 1.06 bits per heavy atom. The normalized spacial score (nSPS) is 12.0. The summed E-state index contributed by atoms with van der Waals surface area (Å²) in [6.45, 7) is 6.75. The zero-order valence-electron chi connectivity index (χ0n) is 38.5. The summed E-state index contributed by atoms with van der Waals surface area (Å²) >= 11 is 7.51. The number of thiophene rings is 4. The van der Waals surface area contributed by atoms with Gasteiger partial charge in [-0.3, -0.25) is 0 Å². The van der Waals surface area contributed by atoms with Gasteiger partial charge in [0.2, 0.25) is 0 Å². The lowest BCUT2D eigenvalue weighted by Gasteiger charge is -2.09. The Kier molecular flexibility index (Phi) is 15.9. The lowest BCUT2D eigenvalue weighted by Crippen LogP contribution is -1.99. The number of nitrogens with zero attached hydrogens (tertiary/aromatic N) is 2. The first-order valence-corrected chi connectivity index (χ1v) is 28.4. The van der Waals surface area contributed by atoms with Crippen molar-refractivity contribution in [2.45, 2.75) is 155 Å². The maximum atomic E-state index is 2.69. The third kappa shape index (κ3) is 10.5. The second kappa shape index (κ2) is 22.5. The van der Waals surface area contributed by atoms with E-state index in [4.69, 9.17) is 0 Å². The summed E-state index contributed by atoms with van der Waals surface area (Å²) in [5.74, 6) is 0. The minimum Gasteiger partial charge on any atom is -0.340 e. The molecule has 0 spiro atoms. The van der Waals surface area contributed by atoms with Crippen LogP contribution < -0.4 is 0 Å². The van der Waals surface area contributed by atoms with Gasteiger partial charge in [0.25, 0.3) is 0 Å². The Bertz CT molecular complexity index is 2630. The predicted molar refractivity (Wildman–Crippen MR) is 289 cm³/mol. The summed E-state index contributed by atoms with van der Waals surface area (Å²) in [5.41, 5.74) is 8.19. The van der Waals surface area contributed by atoms with Crippen molar-refractivity contribution in [2.75, 3.05) is 0 Å². The summed E-state index contributed by atoms with van der Waals surface area (Å²) < 4.78 is 5.37. The lowest BCUT2D eigenvalue weighted by molar-refractivity contribution is 0.541. The van der Waals surface area contributed by atoms with Gasteiger partial charge in [0, 0.05) is 86.0 Å². The van der Waals surface area contributed by atoms with Gasteiger partial charge in [-0.25, -0.2) is 0 Å². The number of rotatable bonds is 26. The van der Waals surface area contributed by atoms with E-state index < -0.39 is 0 Å². The molecule has 2 nitrogen and oxygen atoms in total. The van der Waals surface area contributed by atoms with Gasteiger partial charge in [-0.15, -0.1) is 45.3 Å². The van der Waals surface area contributed by atoms with E-state index >= 15 is 0 Å². The predicted octanol–water partition coefficient (Wildman–Crippen LogP) is 20.7. The SMILES string of the molecule is CCCCCCCCCCCCn1c2ccc(-c3ccc(-c4cccs4)s3)cc2c2cc3c(cc21)c1cc(-c2ccc(-c4cccs4)s2)ccc1n3CCCCCCCCCCCC. The largest absolute Gasteiger partial charge is 0.340 e. The quantitative estimate of drug-likeness (QED) is 0.0479. The number of hydrogen-bond donors (Lipinski definition) is 0. The molecule has 0 bridgehead atoms. The average Bonchev–Trinajstić information content (AvgIpc) is 4.19. The van der Waals surface area contributed by atoms with Gasteiger partial charge in [0.1, 0.15) is 0 Å². The smallest absolute Gasteiger partial charge is 0.0499 e. The minimum atomic E-state index is 1.06. The first-order chi connectivity index (χ1) is 31.7. The molecule has 0 saturated carbocycles. The van der Waals surface area contributed by atoms with Gasteiger partial charge in [-0.2, -0.15) is 0 Å². The molecule has 9 aromatic rings. The molecule has 9 rings (SSSR count). The highest BCUT2D eigenvalue weighted by Gasteiger charge is 2.19. The van der Waals surface area contributed by atoms with Crippen LogP contribution in [0.25, 0.3) is 84.0 Å². The molecule has 6 heteroatoms. The van der Waals surface area contributed by atoms with E-state index in [-0.39, 0.29) is 0 Å². The number of aromatic nitrogens is 2. The van der Waals surface area contributed by atoms with E-state index in [2.05, 4.69) is 131 Å². The van der Waals surface area contributed by atoms with Crippen LogP contribution in [0.3, 0.4) is 0 Å². The minimum absolute atomic E-state index is 1.06. The topological polar surface area (TPSA) is 9.86 Å². The van der Waals surface area contributed by atoms with Gasteiger partial charge in [-0.05, 0) is 108 Å². The van der Waals surface area contributed by atoms with Gasteiger partial charge in [0.15, 0.2) is 0 Å². The van der Waals surface area contributed by atoms with E-state index in [9.17, 15) is 0 Å². The van der Waals surface area contributed by atoms with Crippen LogP contribution in [0.5, 0.6) is 0 Å². The van der Waals surface area contributed by atoms with Crippen LogP contribution in [0, 0.1) is 0 Å². The molecule has 0 radical (unpaired) electrons. The molecule has 6 aromatic heterocycles. The summed E-state index contributed by atoms with van der Waals surface area (Å²) in [6, 6.07) is 38.0. The number of aryl methyl sites for hydroxylation is 2. The Hall–Kier alpha value is -3.94. The van der Waals surface area contributed by atoms with Crippen molar-refractivity contribution < 1.29 is 0 Å². The summed E-state index contributed by atoms with van der Waals surface area (Å²) in [6.07, 6.45) is 27.1. The van der Waals surface area contributed by atoms with Crippen LogP contribution in [0.1, 0.15) is 142 Å². The van der Waals surface area contributed by atoms with E-state index in [1.54, 1.807) is 0 Å². The van der Waals surface area contributed by atoms with Crippen LogP contribution in [-0.2, 0) is 13.1 Å². The summed E-state index contributed by atoms with van der Waals surface area (Å²) in [5, 5.41) is 9.96. The monoisotopic (exact) mass is 920 g/mol. The molecule has 0 saturated heterocycles. The first-order valence-electron chi connectivity index (χ1n) is 25.0. The summed E-state index contributed by atoms with van der Waals surface area (Å²) in [7, 11) is 0. The highest BCUT2D eigenvalue weighted by atomic mass is 32.1. The highest BCUT2D eigenvalue weighted by molar-refractivity contribution is 7.23. The first kappa shape index (κ1) is 45.2. The van der Waals surface area contributed by atoms with Crippen molar-refractivity contribution in [2.24, 2.45) is 0 Å². The average molecular weight is 921 g/mol. The number of fused-ring (bicyclic) bond motifs is 6. The molecule has 0 aliphatic heterocycles. The van der Waals surface area contributed by atoms with Crippen LogP contribution in [0.15, 0.2) is 108 Å². The summed E-state index contributed by atoms with van der Waals surface area (Å²) in [4.78, 5) is 8.12. The fourth-order valence-corrected chi connectivity index (χ4v) is 13.8. The molecule has 6 heterocycles. The van der Waals surface area contributed by atoms with Crippen molar-refractivity contribution in [3.8, 4) is 40.4 Å². The van der Waals surface area contributed by atoms with Gasteiger partial charge in [-0.1, -0.05) is 154 Å². The van der Waals surface area contributed by atoms with Crippen molar-refractivity contribution >= 4 is 89.0 Å². The van der Waals surface area contributed by atoms with E-state index in [0.29, 0.717) is 0 Å². The van der Waals surface area contributed by atoms with Crippen molar-refractivity contribution in [3.63, 3.8) is 0 Å². The Morgan fingerprint density at radius 1 is 0.328 bits per heavy atom. The standard InChI is InChI=1S/C58H68N2S4/c1-3-5-7-9-11-13-15-17-19-21-35-59-49-29-27-43(53-31-33-57(63-53)55-25-23-37-61-55)39-45(49)47-42-52-48(41-51(47)59)46-40-44(54-32-34-58(64-54)56-26-24-38-62-56)28-30-50(46)60(52)36-22-20-18-16-14-12-10-8-6-4-2/h23-34,37-42H,3-22,35-36H2,1-2H3. The zero-order valence-corrected chi connectivity index (χ0v) is 41.7. The second-order valence-electron chi connectivity index (χ2n) is 18.3. The molecular formula is C58H68N2S4. The Balaban J connectivity index is 1.06. The fourth-order valence-electron chi connectivity index (χ4n) is 10.1. The molecule has 334 valence electrons. The van der Waals surface area contributed by atoms with Gasteiger partial charge in [0.05, 0.1) is 0 Å². The number of unbranched alkanes of at least 4 members (excludes halogenated alkanes) is 18. The van der Waals surface area contributed by atoms with E-state index in [1.807, 2.05) is 45.3 Å². The molecular weight excluding hydrogens is 853 g/mol. The third-order valence-electron chi connectivity index (χ3n) is 13.6. The van der Waals surface area contributed by atoms with Crippen molar-refractivity contribution in [1.29, 1.82) is 0 Å². The molecule has 0 N–H and O–H groups in total. The van der Waals surface area contributed by atoms with Crippen molar-refractivity contribution in [3.05, 3.63) is 108 Å². The van der Waals surface area contributed by atoms with Crippen LogP contribution in [0.4, 0.5) is 0 Å². The zero-order chi connectivity index (χ0) is 43.5. The van der Waals surface area contributed by atoms with Gasteiger partial charge >= 0.3 is 0 Å². The van der Waals surface area contributed by atoms with Crippen molar-refractivity contribution in [1.82, 2.24) is 9.13 Å². The van der Waals surface area contributed by atoms with Crippen LogP contribution >= 0.6 is 45.3 Å². The maximum absolute atomic E-state index is 2.69. The molecule has 0 amide bonds.